The molecule has 38 heavy (non-hydrogen) atoms. The third-order valence-corrected chi connectivity index (χ3v) is 8.49. The van der Waals surface area contributed by atoms with Gasteiger partial charge in [0.1, 0.15) is 23.7 Å². The quantitative estimate of drug-likeness (QED) is 0.0360. The summed E-state index contributed by atoms with van der Waals surface area (Å²) < 4.78 is 1.51. The highest BCUT2D eigenvalue weighted by molar-refractivity contribution is 8.01. The first-order chi connectivity index (χ1) is 18.1. The van der Waals surface area contributed by atoms with Crippen molar-refractivity contribution in [2.24, 2.45) is 12.2 Å². The Morgan fingerprint density at radius 2 is 2.18 bits per heavy atom. The number of β-lactam (4-membered cyclic amide) rings is 1. The van der Waals surface area contributed by atoms with E-state index in [4.69, 9.17) is 22.0 Å². The van der Waals surface area contributed by atoms with E-state index in [2.05, 4.69) is 27.0 Å². The lowest BCUT2D eigenvalue weighted by atomic mass is 10.0. The van der Waals surface area contributed by atoms with E-state index in [9.17, 15) is 19.5 Å². The van der Waals surface area contributed by atoms with Crippen LogP contribution in [-0.2, 0) is 26.3 Å². The Morgan fingerprint density at radius 3 is 2.82 bits per heavy atom. The molecular formula is C21H23N9O5S3. The number of carbonyl (C=O) groups excluding carboxylic acids is 3. The molecule has 2 aliphatic heterocycles. The number of carbonyl (C=O) groups is 3. The maximum Gasteiger partial charge on any atom is 0.345 e. The van der Waals surface area contributed by atoms with Gasteiger partial charge in [-0.1, -0.05) is 29.6 Å². The van der Waals surface area contributed by atoms with Crippen LogP contribution >= 0.6 is 34.9 Å². The summed E-state index contributed by atoms with van der Waals surface area (Å²) in [5.41, 5.74) is 17.7. The topological polar surface area (TPSA) is 219 Å². The molecule has 7 N–H and O–H groups in total. The van der Waals surface area contributed by atoms with Crippen LogP contribution in [0.25, 0.3) is 0 Å². The molecule has 17 heteroatoms. The van der Waals surface area contributed by atoms with Crippen molar-refractivity contribution in [2.75, 3.05) is 35.3 Å². The second kappa shape index (κ2) is 11.3. The molecule has 0 aliphatic carbocycles. The fraction of sp³-hybridized carbons (Fsp3) is 0.286. The van der Waals surface area contributed by atoms with Gasteiger partial charge in [0.2, 0.25) is 0 Å². The third-order valence-electron chi connectivity index (χ3n) is 5.48. The number of anilines is 3. The Balaban J connectivity index is 1.50. The zero-order valence-electron chi connectivity index (χ0n) is 19.9. The van der Waals surface area contributed by atoms with E-state index < -0.39 is 29.2 Å². The molecule has 200 valence electrons. The van der Waals surface area contributed by atoms with Crippen molar-refractivity contribution >= 4 is 75.3 Å². The number of hydrogen-bond acceptors (Lipinski definition) is 14. The number of amides is 2. The molecular weight excluding hydrogens is 554 g/mol. The summed E-state index contributed by atoms with van der Waals surface area (Å²) in [5, 5.41) is 20.1. The van der Waals surface area contributed by atoms with E-state index in [1.807, 2.05) is 0 Å². The van der Waals surface area contributed by atoms with Crippen molar-refractivity contribution < 1.29 is 28.9 Å². The van der Waals surface area contributed by atoms with Gasteiger partial charge in [-0.3, -0.25) is 14.5 Å². The predicted octanol–water partition coefficient (Wildman–Crippen LogP) is -1.79. The molecule has 14 nitrogen and oxygen atoms in total. The minimum atomic E-state index is -1.49. The van der Waals surface area contributed by atoms with Crippen LogP contribution in [-0.4, -0.2) is 67.9 Å². The summed E-state index contributed by atoms with van der Waals surface area (Å²) in [7, 11) is 1.67. The first-order valence-corrected chi connectivity index (χ1v) is 13.8. The maximum absolute atomic E-state index is 13.0. The summed E-state index contributed by atoms with van der Waals surface area (Å²) in [6.07, 6.45) is 1.45. The number of carboxylic acids is 1. The number of fused-ring (bicyclic) bond motifs is 1. The molecule has 0 unspecified atom stereocenters. The zero-order valence-corrected chi connectivity index (χ0v) is 22.4. The highest BCUT2D eigenvalue weighted by atomic mass is 32.2. The number of thiazole rings is 1. The smallest absolute Gasteiger partial charge is 0.345 e. The van der Waals surface area contributed by atoms with Crippen molar-refractivity contribution in [3.8, 4) is 0 Å². The fourth-order valence-electron chi connectivity index (χ4n) is 3.56. The molecule has 2 aliphatic rings. The van der Waals surface area contributed by atoms with E-state index in [1.165, 1.54) is 39.5 Å². The standard InChI is InChI=1S/C21H23N9O5S3/c1-3-4-35-28-13(10-8-38-21(24)25-10)16(31)27-14-17(32)30-15(19(33)34)9(7-37-18(14)30)6-36-12-5-11(22)29(2)20(23)26-12/h3,5,8,14,18H,1,4,6-7H2,2H3,(H7,22,23,24,25,26,27,31,33,34)/b28-13-/t14-,18-/m1/s1. The van der Waals surface area contributed by atoms with Crippen LogP contribution in [0.4, 0.5) is 16.9 Å². The van der Waals surface area contributed by atoms with Crippen LogP contribution in [0.2, 0.25) is 0 Å². The van der Waals surface area contributed by atoms with E-state index in [0.717, 1.165) is 16.2 Å². The minimum Gasteiger partial charge on any atom is -0.543 e. The summed E-state index contributed by atoms with van der Waals surface area (Å²) in [6, 6.07) is 0.625. The average Bonchev–Trinajstić information content (AvgIpc) is 3.31. The molecule has 0 bridgehead atoms. The number of aromatic nitrogens is 3. The van der Waals surface area contributed by atoms with Gasteiger partial charge in [0, 0.05) is 23.0 Å². The molecule has 1 saturated heterocycles. The Labute approximate surface area is 229 Å². The first-order valence-electron chi connectivity index (χ1n) is 10.9. The molecule has 4 heterocycles. The van der Waals surface area contributed by atoms with Crippen LogP contribution in [0.3, 0.4) is 0 Å². The van der Waals surface area contributed by atoms with Crippen LogP contribution in [0.1, 0.15) is 5.69 Å². The van der Waals surface area contributed by atoms with Crippen molar-refractivity contribution in [1.82, 2.24) is 20.2 Å². The number of nitrogen functional groups attached to an aromatic ring is 3. The lowest BCUT2D eigenvalue weighted by Gasteiger charge is -2.50. The number of aliphatic carboxylic acids is 1. The van der Waals surface area contributed by atoms with Crippen LogP contribution in [0.15, 0.2) is 45.6 Å². The molecule has 0 radical (unpaired) electrons. The summed E-state index contributed by atoms with van der Waals surface area (Å²) in [5.74, 6) is -1.72. The molecule has 2 aromatic rings. The van der Waals surface area contributed by atoms with Gasteiger partial charge in [0.05, 0.1) is 18.7 Å². The number of hydrogen-bond donors (Lipinski definition) is 4. The fourth-order valence-corrected chi connectivity index (χ4v) is 6.50. The molecule has 2 amide bonds. The Hall–Kier alpha value is -3.83. The van der Waals surface area contributed by atoms with Crippen molar-refractivity contribution in [3.05, 3.63) is 41.1 Å². The second-order valence-corrected chi connectivity index (χ2v) is 10.9. The van der Waals surface area contributed by atoms with E-state index in [1.54, 1.807) is 13.1 Å². The van der Waals surface area contributed by atoms with Crippen molar-refractivity contribution in [1.29, 1.82) is 0 Å². The van der Waals surface area contributed by atoms with E-state index >= 15 is 0 Å². The Morgan fingerprint density at radius 1 is 1.42 bits per heavy atom. The molecule has 2 atom stereocenters. The van der Waals surface area contributed by atoms with Gasteiger partial charge in [-0.05, 0) is 5.57 Å². The van der Waals surface area contributed by atoms with Gasteiger partial charge in [0.25, 0.3) is 11.8 Å². The number of thioether (sulfide) groups is 2. The van der Waals surface area contributed by atoms with Gasteiger partial charge in [-0.2, -0.15) is 0 Å². The number of nitrogens with two attached hydrogens (primary N) is 3. The van der Waals surface area contributed by atoms with Crippen LogP contribution < -0.4 is 32.2 Å². The number of nitrogens with one attached hydrogen (secondary N) is 1. The van der Waals surface area contributed by atoms with Gasteiger partial charge in [0.15, 0.2) is 21.7 Å². The van der Waals surface area contributed by atoms with E-state index in [0.29, 0.717) is 16.4 Å². The molecule has 1 fully saturated rings. The second-order valence-electron chi connectivity index (χ2n) is 7.92. The lowest BCUT2D eigenvalue weighted by molar-refractivity contribution is -0.645. The third kappa shape index (κ3) is 5.39. The number of nitrogens with zero attached hydrogens (tertiary/aromatic N) is 5. The Bertz CT molecular complexity index is 1350. The lowest BCUT2D eigenvalue weighted by Crippen LogP contribution is -2.71. The largest absolute Gasteiger partial charge is 0.543 e. The maximum atomic E-state index is 13.0. The first kappa shape index (κ1) is 27.2. The van der Waals surface area contributed by atoms with Gasteiger partial charge in [-0.25, -0.2) is 9.55 Å². The van der Waals surface area contributed by atoms with Crippen LogP contribution in [0, 0.1) is 0 Å². The minimum absolute atomic E-state index is 0.0434. The van der Waals surface area contributed by atoms with Crippen LogP contribution in [0.5, 0.6) is 0 Å². The SMILES string of the molecule is C=CCO/N=C(\C(=O)N[C@@H]1C(=O)N2C(C(=O)[O-])=C(CSc3cc(N)[n+](C)c(N)n3)CS[C@H]12)c1csc(N)n1. The monoisotopic (exact) mass is 577 g/mol. The summed E-state index contributed by atoms with van der Waals surface area (Å²) in [6.45, 7) is 3.56. The number of carboxylic acid groups (broad SMARTS) is 1. The predicted molar refractivity (Wildman–Crippen MR) is 141 cm³/mol. The van der Waals surface area contributed by atoms with Gasteiger partial charge < -0.3 is 37.3 Å². The van der Waals surface area contributed by atoms with Gasteiger partial charge in [-0.15, -0.1) is 28.1 Å². The molecule has 0 saturated carbocycles. The summed E-state index contributed by atoms with van der Waals surface area (Å²) >= 11 is 3.65. The highest BCUT2D eigenvalue weighted by Crippen LogP contribution is 2.41. The molecule has 0 aromatic carbocycles. The van der Waals surface area contributed by atoms with E-state index in [-0.39, 0.29) is 46.3 Å². The highest BCUT2D eigenvalue weighted by Gasteiger charge is 2.53. The number of oxime groups is 1. The number of rotatable bonds is 10. The van der Waals surface area contributed by atoms with Gasteiger partial charge >= 0.3 is 5.95 Å². The summed E-state index contributed by atoms with van der Waals surface area (Å²) in [4.78, 5) is 52.5. The molecule has 2 aromatic heterocycles. The average molecular weight is 578 g/mol. The normalized spacial score (nSPS) is 19.0. The molecule has 0 spiro atoms. The Kier molecular flexibility index (Phi) is 8.08. The van der Waals surface area contributed by atoms with Crippen molar-refractivity contribution in [3.63, 3.8) is 0 Å². The zero-order chi connectivity index (χ0) is 27.6. The van der Waals surface area contributed by atoms with Crippen molar-refractivity contribution in [2.45, 2.75) is 16.4 Å². The molecule has 4 rings (SSSR count).